The lowest BCUT2D eigenvalue weighted by Crippen LogP contribution is -2.45. The molecular formula is C14H19FN2O2. The molecule has 3 N–H and O–H groups in total. The molecule has 1 aliphatic rings. The van der Waals surface area contributed by atoms with E-state index in [2.05, 4.69) is 10.6 Å². The molecule has 0 atom stereocenters. The van der Waals surface area contributed by atoms with E-state index in [1.807, 2.05) is 0 Å². The van der Waals surface area contributed by atoms with Crippen LogP contribution in [0, 0.1) is 5.82 Å². The van der Waals surface area contributed by atoms with Crippen LogP contribution in [0.5, 0.6) is 0 Å². The number of urea groups is 1. The molecule has 1 aromatic carbocycles. The predicted molar refractivity (Wildman–Crippen MR) is 71.5 cm³/mol. The zero-order valence-corrected chi connectivity index (χ0v) is 10.8. The van der Waals surface area contributed by atoms with Crippen molar-refractivity contribution in [1.82, 2.24) is 5.32 Å². The fraction of sp³-hybridized carbons (Fsp3) is 0.500. The summed E-state index contributed by atoms with van der Waals surface area (Å²) in [6.45, 7) is 0.202. The number of benzene rings is 1. The van der Waals surface area contributed by atoms with E-state index >= 15 is 0 Å². The zero-order chi connectivity index (χ0) is 13.7. The summed E-state index contributed by atoms with van der Waals surface area (Å²) in [7, 11) is 0. The number of aliphatic hydroxyl groups is 1. The number of hydrogen-bond acceptors (Lipinski definition) is 2. The maximum atomic E-state index is 13.3. The van der Waals surface area contributed by atoms with E-state index in [0.29, 0.717) is 12.8 Å². The standard InChI is InChI=1S/C14H19FN2O2/c15-11-6-2-3-7-12(11)17-13(18)16-10-14(19)8-4-1-5-9-14/h2-3,6-7,19H,1,4-5,8-10H2,(H2,16,17,18). The van der Waals surface area contributed by atoms with Crippen molar-refractivity contribution in [3.8, 4) is 0 Å². The van der Waals surface area contributed by atoms with Gasteiger partial charge in [0.25, 0.3) is 0 Å². The van der Waals surface area contributed by atoms with Crippen molar-refractivity contribution in [3.05, 3.63) is 30.1 Å². The third-order valence-electron chi connectivity index (χ3n) is 3.48. The number of hydrogen-bond donors (Lipinski definition) is 3. The zero-order valence-electron chi connectivity index (χ0n) is 10.8. The van der Waals surface area contributed by atoms with Gasteiger partial charge >= 0.3 is 6.03 Å². The molecule has 1 aliphatic carbocycles. The van der Waals surface area contributed by atoms with Crippen LogP contribution < -0.4 is 10.6 Å². The van der Waals surface area contributed by atoms with Crippen molar-refractivity contribution in [2.45, 2.75) is 37.7 Å². The summed E-state index contributed by atoms with van der Waals surface area (Å²) < 4.78 is 13.3. The van der Waals surface area contributed by atoms with Gasteiger partial charge in [0.2, 0.25) is 0 Å². The molecule has 5 heteroatoms. The first-order chi connectivity index (χ1) is 9.09. The van der Waals surface area contributed by atoms with Gasteiger partial charge in [-0.3, -0.25) is 0 Å². The van der Waals surface area contributed by atoms with Gasteiger partial charge in [0.05, 0.1) is 11.3 Å². The van der Waals surface area contributed by atoms with Crippen molar-refractivity contribution in [2.24, 2.45) is 0 Å². The normalized spacial score (nSPS) is 17.8. The monoisotopic (exact) mass is 266 g/mol. The Kier molecular flexibility index (Phi) is 4.37. The van der Waals surface area contributed by atoms with Crippen molar-refractivity contribution in [2.75, 3.05) is 11.9 Å². The second-order valence-corrected chi connectivity index (χ2v) is 5.07. The average molecular weight is 266 g/mol. The van der Waals surface area contributed by atoms with Crippen molar-refractivity contribution >= 4 is 11.7 Å². The first kappa shape index (κ1) is 13.8. The highest BCUT2D eigenvalue weighted by Crippen LogP contribution is 2.27. The molecule has 0 radical (unpaired) electrons. The number of amides is 2. The molecule has 4 nitrogen and oxygen atoms in total. The molecule has 2 rings (SSSR count). The molecule has 104 valence electrons. The van der Waals surface area contributed by atoms with Crippen molar-refractivity contribution < 1.29 is 14.3 Å². The third kappa shape index (κ3) is 3.92. The molecule has 0 saturated heterocycles. The van der Waals surface area contributed by atoms with Crippen molar-refractivity contribution in [3.63, 3.8) is 0 Å². The summed E-state index contributed by atoms with van der Waals surface area (Å²) in [5.74, 6) is -0.478. The van der Waals surface area contributed by atoms with E-state index in [1.165, 1.54) is 12.1 Å². The number of carbonyl (C=O) groups excluding carboxylic acids is 1. The number of para-hydroxylation sites is 1. The number of nitrogens with one attached hydrogen (secondary N) is 2. The van der Waals surface area contributed by atoms with Gasteiger partial charge in [0.15, 0.2) is 0 Å². The van der Waals surface area contributed by atoms with Crippen LogP contribution in [-0.2, 0) is 0 Å². The molecule has 0 aliphatic heterocycles. The van der Waals surface area contributed by atoms with E-state index in [-0.39, 0.29) is 12.2 Å². The van der Waals surface area contributed by atoms with E-state index in [0.717, 1.165) is 19.3 Å². The summed E-state index contributed by atoms with van der Waals surface area (Å²) in [4.78, 5) is 11.6. The Morgan fingerprint density at radius 1 is 1.26 bits per heavy atom. The topological polar surface area (TPSA) is 61.4 Å². The average Bonchev–Trinajstić information content (AvgIpc) is 2.40. The van der Waals surface area contributed by atoms with Gasteiger partial charge in [-0.1, -0.05) is 31.4 Å². The maximum Gasteiger partial charge on any atom is 0.319 e. The SMILES string of the molecule is O=C(NCC1(O)CCCCC1)Nc1ccccc1F. The maximum absolute atomic E-state index is 13.3. The minimum Gasteiger partial charge on any atom is -0.388 e. The van der Waals surface area contributed by atoms with Gasteiger partial charge in [0.1, 0.15) is 5.82 Å². The van der Waals surface area contributed by atoms with Crippen LogP contribution in [0.4, 0.5) is 14.9 Å². The summed E-state index contributed by atoms with van der Waals surface area (Å²) in [5.41, 5.74) is -0.680. The van der Waals surface area contributed by atoms with Crippen LogP contribution in [-0.4, -0.2) is 23.3 Å². The van der Waals surface area contributed by atoms with Crippen LogP contribution >= 0.6 is 0 Å². The van der Waals surface area contributed by atoms with Crippen LogP contribution in [0.1, 0.15) is 32.1 Å². The van der Waals surface area contributed by atoms with Crippen LogP contribution in [0.3, 0.4) is 0 Å². The third-order valence-corrected chi connectivity index (χ3v) is 3.48. The number of carbonyl (C=O) groups is 1. The number of rotatable bonds is 3. The molecule has 19 heavy (non-hydrogen) atoms. The first-order valence-electron chi connectivity index (χ1n) is 6.61. The lowest BCUT2D eigenvalue weighted by atomic mass is 9.85. The molecule has 1 fully saturated rings. The summed E-state index contributed by atoms with van der Waals surface area (Å²) in [6.07, 6.45) is 4.49. The molecule has 0 bridgehead atoms. The highest BCUT2D eigenvalue weighted by atomic mass is 19.1. The second kappa shape index (κ2) is 6.02. The Hall–Kier alpha value is -1.62. The molecule has 1 aromatic rings. The molecule has 1 saturated carbocycles. The number of halogens is 1. The lowest BCUT2D eigenvalue weighted by molar-refractivity contribution is 0.00755. The fourth-order valence-electron chi connectivity index (χ4n) is 2.36. The molecule has 0 spiro atoms. The minimum absolute atomic E-state index is 0.135. The van der Waals surface area contributed by atoms with E-state index in [9.17, 15) is 14.3 Å². The Morgan fingerprint density at radius 3 is 2.63 bits per heavy atom. The summed E-state index contributed by atoms with van der Waals surface area (Å²) in [6, 6.07) is 5.48. The second-order valence-electron chi connectivity index (χ2n) is 5.07. The van der Waals surface area contributed by atoms with Crippen LogP contribution in [0.25, 0.3) is 0 Å². The highest BCUT2D eigenvalue weighted by Gasteiger charge is 2.29. The molecule has 0 unspecified atom stereocenters. The lowest BCUT2D eigenvalue weighted by Gasteiger charge is -2.32. The Labute approximate surface area is 112 Å². The van der Waals surface area contributed by atoms with E-state index < -0.39 is 17.4 Å². The molecule has 0 aromatic heterocycles. The molecule has 2 amide bonds. The van der Waals surface area contributed by atoms with Gasteiger partial charge < -0.3 is 15.7 Å². The van der Waals surface area contributed by atoms with Gasteiger partial charge in [-0.2, -0.15) is 0 Å². The Bertz CT molecular complexity index is 445. The predicted octanol–water partition coefficient (Wildman–Crippen LogP) is 2.64. The van der Waals surface area contributed by atoms with Gasteiger partial charge in [0, 0.05) is 6.54 Å². The molecule has 0 heterocycles. The van der Waals surface area contributed by atoms with Crippen LogP contribution in [0.15, 0.2) is 24.3 Å². The van der Waals surface area contributed by atoms with Crippen molar-refractivity contribution in [1.29, 1.82) is 0 Å². The summed E-state index contributed by atoms with van der Waals surface area (Å²) >= 11 is 0. The van der Waals surface area contributed by atoms with Gasteiger partial charge in [-0.05, 0) is 25.0 Å². The fourth-order valence-corrected chi connectivity index (χ4v) is 2.36. The van der Waals surface area contributed by atoms with Crippen LogP contribution in [0.2, 0.25) is 0 Å². The minimum atomic E-state index is -0.815. The highest BCUT2D eigenvalue weighted by molar-refractivity contribution is 5.89. The largest absolute Gasteiger partial charge is 0.388 e. The quantitative estimate of drug-likeness (QED) is 0.787. The molecular weight excluding hydrogens is 247 g/mol. The smallest absolute Gasteiger partial charge is 0.319 e. The number of anilines is 1. The first-order valence-corrected chi connectivity index (χ1v) is 6.61. The van der Waals surface area contributed by atoms with E-state index in [4.69, 9.17) is 0 Å². The Balaban J connectivity index is 1.83. The van der Waals surface area contributed by atoms with E-state index in [1.54, 1.807) is 12.1 Å². The van der Waals surface area contributed by atoms with Gasteiger partial charge in [-0.15, -0.1) is 0 Å². The van der Waals surface area contributed by atoms with Gasteiger partial charge in [-0.25, -0.2) is 9.18 Å². The Morgan fingerprint density at radius 2 is 1.95 bits per heavy atom. The summed E-state index contributed by atoms with van der Waals surface area (Å²) in [5, 5.41) is 15.3.